The zero-order valence-electron chi connectivity index (χ0n) is 11.9. The number of hydrogen-bond donors (Lipinski definition) is 0. The molecule has 0 rings (SSSR count). The Morgan fingerprint density at radius 3 is 1.46 bits per heavy atom. The van der Waals surface area contributed by atoms with Crippen LogP contribution in [-0.2, 0) is 9.53 Å². The second-order valence-corrected chi connectivity index (χ2v) is 4.34. The van der Waals surface area contributed by atoms with Crippen molar-refractivity contribution in [1.29, 1.82) is 0 Å². The first kappa shape index (κ1) is 24.1. The van der Waals surface area contributed by atoms with Gasteiger partial charge in [0.1, 0.15) is 0 Å². The van der Waals surface area contributed by atoms with Gasteiger partial charge in [-0.05, 0) is 12.8 Å². The highest BCUT2D eigenvalue weighted by molar-refractivity contribution is 5.88. The van der Waals surface area contributed by atoms with Gasteiger partial charge in [-0.15, -0.1) is 0 Å². The molecule has 0 aromatic rings. The number of ether oxygens (including phenoxy) is 1. The standard InChI is InChI=1S/C11H5F13O2/c1-2-26-5(25)3-4-6(12,13)7(14,15)8(16,17)9(18,19)10(20,21)11(22,23)24/h2H2,1H3. The minimum Gasteiger partial charge on any atom is -0.456 e. The Balaban J connectivity index is 6.20. The minimum absolute atomic E-state index is 0.195. The van der Waals surface area contributed by atoms with E-state index in [-0.39, 0.29) is 5.92 Å². The van der Waals surface area contributed by atoms with Crippen molar-refractivity contribution < 1.29 is 66.6 Å². The van der Waals surface area contributed by atoms with E-state index in [1.165, 1.54) is 0 Å². The molecule has 0 fully saturated rings. The van der Waals surface area contributed by atoms with E-state index in [0.717, 1.165) is 6.92 Å². The summed E-state index contributed by atoms with van der Waals surface area (Å²) in [4.78, 5) is 10.6. The van der Waals surface area contributed by atoms with Crippen molar-refractivity contribution in [2.45, 2.75) is 42.7 Å². The number of carbonyl (C=O) groups excluding carboxylic acids is 1. The molecule has 0 atom stereocenters. The molecule has 26 heavy (non-hydrogen) atoms. The van der Waals surface area contributed by atoms with Gasteiger partial charge in [0, 0.05) is 5.92 Å². The van der Waals surface area contributed by atoms with Crippen molar-refractivity contribution >= 4 is 5.97 Å². The maximum Gasteiger partial charge on any atom is 0.460 e. The van der Waals surface area contributed by atoms with Gasteiger partial charge in [0.2, 0.25) is 0 Å². The number of hydrogen-bond acceptors (Lipinski definition) is 2. The minimum atomic E-state index is -8.00. The van der Waals surface area contributed by atoms with E-state index in [9.17, 15) is 61.9 Å². The van der Waals surface area contributed by atoms with Crippen molar-refractivity contribution in [2.24, 2.45) is 0 Å². The van der Waals surface area contributed by atoms with Crippen molar-refractivity contribution in [3.05, 3.63) is 0 Å². The number of carbonyl (C=O) groups is 1. The van der Waals surface area contributed by atoms with Crippen LogP contribution in [0.3, 0.4) is 0 Å². The van der Waals surface area contributed by atoms with Crippen molar-refractivity contribution in [3.63, 3.8) is 0 Å². The number of alkyl halides is 13. The Kier molecular flexibility index (Phi) is 6.21. The second-order valence-electron chi connectivity index (χ2n) is 4.34. The Morgan fingerprint density at radius 2 is 1.12 bits per heavy atom. The highest BCUT2D eigenvalue weighted by atomic mass is 19.4. The lowest BCUT2D eigenvalue weighted by Gasteiger charge is -2.38. The lowest BCUT2D eigenvalue weighted by atomic mass is 9.94. The summed E-state index contributed by atoms with van der Waals surface area (Å²) in [6, 6.07) is 0. The van der Waals surface area contributed by atoms with Crippen LogP contribution in [0, 0.1) is 11.8 Å². The predicted octanol–water partition coefficient (Wildman–Crippen LogP) is 4.29. The van der Waals surface area contributed by atoms with Gasteiger partial charge in [-0.25, -0.2) is 4.79 Å². The van der Waals surface area contributed by atoms with E-state index in [0.29, 0.717) is 5.92 Å². The molecule has 0 aromatic heterocycles. The van der Waals surface area contributed by atoms with Crippen LogP contribution >= 0.6 is 0 Å². The zero-order valence-corrected chi connectivity index (χ0v) is 11.9. The summed E-state index contributed by atoms with van der Waals surface area (Å²) in [5.74, 6) is -39.6. The molecule has 0 saturated heterocycles. The molecular weight excluding hydrogens is 411 g/mol. The van der Waals surface area contributed by atoms with E-state index in [1.807, 2.05) is 0 Å². The topological polar surface area (TPSA) is 26.3 Å². The van der Waals surface area contributed by atoms with Gasteiger partial charge in [-0.3, -0.25) is 0 Å². The van der Waals surface area contributed by atoms with Crippen molar-refractivity contribution in [1.82, 2.24) is 0 Å². The van der Waals surface area contributed by atoms with Crippen molar-refractivity contribution in [3.8, 4) is 11.8 Å². The summed E-state index contributed by atoms with van der Waals surface area (Å²) in [6.07, 6.45) is -7.48. The molecule has 0 saturated carbocycles. The van der Waals surface area contributed by atoms with Crippen molar-refractivity contribution in [2.75, 3.05) is 6.61 Å². The van der Waals surface area contributed by atoms with Crippen LogP contribution in [0.1, 0.15) is 6.92 Å². The molecule has 0 heterocycles. The smallest absolute Gasteiger partial charge is 0.456 e. The third kappa shape index (κ3) is 3.63. The van der Waals surface area contributed by atoms with E-state index in [1.54, 1.807) is 0 Å². The maximum absolute atomic E-state index is 13.1. The lowest BCUT2D eigenvalue weighted by Crippen LogP contribution is -2.69. The molecule has 0 aromatic carbocycles. The Hall–Kier alpha value is -1.88. The zero-order chi connectivity index (χ0) is 21.4. The number of esters is 1. The largest absolute Gasteiger partial charge is 0.460 e. The summed E-state index contributed by atoms with van der Waals surface area (Å²) in [5, 5.41) is 0. The van der Waals surface area contributed by atoms with Crippen LogP contribution in [0.25, 0.3) is 0 Å². The predicted molar refractivity (Wildman–Crippen MR) is 55.2 cm³/mol. The van der Waals surface area contributed by atoms with Gasteiger partial charge in [0.15, 0.2) is 0 Å². The average Bonchev–Trinajstić information content (AvgIpc) is 2.43. The summed E-state index contributed by atoms with van der Waals surface area (Å²) >= 11 is 0. The van der Waals surface area contributed by atoms with Gasteiger partial charge in [0.05, 0.1) is 6.61 Å². The first-order valence-corrected chi connectivity index (χ1v) is 5.86. The van der Waals surface area contributed by atoms with E-state index < -0.39 is 48.4 Å². The third-order valence-electron chi connectivity index (χ3n) is 2.53. The fourth-order valence-electron chi connectivity index (χ4n) is 1.14. The third-order valence-corrected chi connectivity index (χ3v) is 2.53. The molecule has 0 radical (unpaired) electrons. The van der Waals surface area contributed by atoms with Crippen LogP contribution in [-0.4, -0.2) is 48.4 Å². The molecule has 0 bridgehead atoms. The Bertz CT molecular complexity index is 593. The van der Waals surface area contributed by atoms with Gasteiger partial charge in [-0.2, -0.15) is 57.1 Å². The molecule has 0 aliphatic rings. The first-order valence-electron chi connectivity index (χ1n) is 5.86. The molecule has 2 nitrogen and oxygen atoms in total. The van der Waals surface area contributed by atoms with Gasteiger partial charge >= 0.3 is 41.8 Å². The second kappa shape index (κ2) is 6.69. The van der Waals surface area contributed by atoms with Gasteiger partial charge < -0.3 is 4.74 Å². The van der Waals surface area contributed by atoms with Crippen LogP contribution in [0.15, 0.2) is 0 Å². The van der Waals surface area contributed by atoms with Crippen LogP contribution in [0.2, 0.25) is 0 Å². The van der Waals surface area contributed by atoms with E-state index in [4.69, 9.17) is 0 Å². The summed E-state index contributed by atoms with van der Waals surface area (Å²) in [7, 11) is 0. The quantitative estimate of drug-likeness (QED) is 0.289. The summed E-state index contributed by atoms with van der Waals surface area (Å²) in [5.41, 5.74) is 0. The molecule has 0 spiro atoms. The number of rotatable bonds is 5. The highest BCUT2D eigenvalue weighted by Gasteiger charge is 2.90. The molecule has 0 amide bonds. The molecule has 0 unspecified atom stereocenters. The van der Waals surface area contributed by atoms with Crippen LogP contribution in [0.4, 0.5) is 57.1 Å². The molecule has 0 N–H and O–H groups in total. The maximum atomic E-state index is 13.1. The molecular formula is C11H5F13O2. The summed E-state index contributed by atoms with van der Waals surface area (Å²) < 4.78 is 168. The summed E-state index contributed by atoms with van der Waals surface area (Å²) in [6.45, 7) is 0.488. The molecule has 0 aliphatic heterocycles. The van der Waals surface area contributed by atoms with Crippen LogP contribution < -0.4 is 0 Å². The fourth-order valence-corrected chi connectivity index (χ4v) is 1.14. The van der Waals surface area contributed by atoms with E-state index >= 15 is 0 Å². The lowest BCUT2D eigenvalue weighted by molar-refractivity contribution is -0.435. The highest BCUT2D eigenvalue weighted by Crippen LogP contribution is 2.60. The SMILES string of the molecule is CCOC(=O)C#CC(F)(F)C(F)(F)C(F)(F)C(F)(F)C(F)(F)C(F)(F)F. The Morgan fingerprint density at radius 1 is 0.731 bits per heavy atom. The van der Waals surface area contributed by atoms with Gasteiger partial charge in [-0.1, -0.05) is 0 Å². The molecule has 152 valence electrons. The number of halogens is 13. The monoisotopic (exact) mass is 416 g/mol. The fraction of sp³-hybridized carbons (Fsp3) is 0.727. The molecule has 0 aliphatic carbocycles. The Labute approximate surface area is 135 Å². The average molecular weight is 416 g/mol. The first-order chi connectivity index (χ1) is 11.2. The molecule has 15 heteroatoms. The van der Waals surface area contributed by atoms with Crippen LogP contribution in [0.5, 0.6) is 0 Å². The van der Waals surface area contributed by atoms with E-state index in [2.05, 4.69) is 4.74 Å². The normalized spacial score (nSPS) is 14.5. The van der Waals surface area contributed by atoms with Gasteiger partial charge in [0.25, 0.3) is 0 Å².